The SMILES string of the molecule is CCON=CCc1ccc([N+](=O)[O-])s1. The van der Waals surface area contributed by atoms with E-state index in [-0.39, 0.29) is 5.00 Å². The van der Waals surface area contributed by atoms with Crippen LogP contribution in [-0.2, 0) is 11.3 Å². The van der Waals surface area contributed by atoms with Crippen molar-refractivity contribution in [2.24, 2.45) is 5.16 Å². The van der Waals surface area contributed by atoms with Crippen LogP contribution in [0.2, 0.25) is 0 Å². The van der Waals surface area contributed by atoms with Crippen molar-refractivity contribution in [3.8, 4) is 0 Å². The highest BCUT2D eigenvalue weighted by Gasteiger charge is 2.08. The van der Waals surface area contributed by atoms with Gasteiger partial charge >= 0.3 is 5.00 Å². The molecule has 0 N–H and O–H groups in total. The van der Waals surface area contributed by atoms with Gasteiger partial charge in [-0.2, -0.15) is 0 Å². The van der Waals surface area contributed by atoms with Crippen molar-refractivity contribution in [3.63, 3.8) is 0 Å². The van der Waals surface area contributed by atoms with Crippen LogP contribution >= 0.6 is 11.3 Å². The summed E-state index contributed by atoms with van der Waals surface area (Å²) in [5.74, 6) is 0. The molecule has 0 aliphatic rings. The first-order valence-corrected chi connectivity index (χ1v) is 4.92. The van der Waals surface area contributed by atoms with Gasteiger partial charge in [-0.05, 0) is 13.0 Å². The van der Waals surface area contributed by atoms with E-state index in [1.807, 2.05) is 6.92 Å². The van der Waals surface area contributed by atoms with Crippen LogP contribution in [0.1, 0.15) is 11.8 Å². The number of hydrogen-bond acceptors (Lipinski definition) is 5. The lowest BCUT2D eigenvalue weighted by Crippen LogP contribution is -1.84. The van der Waals surface area contributed by atoms with E-state index in [0.29, 0.717) is 13.0 Å². The molecule has 0 atom stereocenters. The molecule has 0 aliphatic heterocycles. The molecule has 6 heteroatoms. The van der Waals surface area contributed by atoms with Crippen LogP contribution in [0, 0.1) is 10.1 Å². The Labute approximate surface area is 85.1 Å². The van der Waals surface area contributed by atoms with E-state index in [1.165, 1.54) is 6.07 Å². The van der Waals surface area contributed by atoms with Crippen molar-refractivity contribution in [2.45, 2.75) is 13.3 Å². The molecule has 0 unspecified atom stereocenters. The normalized spacial score (nSPS) is 10.6. The van der Waals surface area contributed by atoms with E-state index in [2.05, 4.69) is 5.16 Å². The van der Waals surface area contributed by atoms with Crippen LogP contribution in [0.5, 0.6) is 0 Å². The van der Waals surface area contributed by atoms with E-state index in [0.717, 1.165) is 16.2 Å². The Hall–Kier alpha value is -1.43. The second-order valence-electron chi connectivity index (χ2n) is 2.41. The number of thiophene rings is 1. The molecular weight excluding hydrogens is 204 g/mol. The maximum Gasteiger partial charge on any atom is 0.324 e. The number of nitrogens with zero attached hydrogens (tertiary/aromatic N) is 2. The fourth-order valence-electron chi connectivity index (χ4n) is 0.829. The van der Waals surface area contributed by atoms with Crippen LogP contribution in [0.25, 0.3) is 0 Å². The number of hydrogen-bond donors (Lipinski definition) is 0. The molecular formula is C8H10N2O3S. The van der Waals surface area contributed by atoms with Crippen LogP contribution < -0.4 is 0 Å². The minimum Gasteiger partial charge on any atom is -0.396 e. The largest absolute Gasteiger partial charge is 0.396 e. The average Bonchev–Trinajstić information content (AvgIpc) is 2.61. The topological polar surface area (TPSA) is 64.7 Å². The molecule has 0 spiro atoms. The first-order chi connectivity index (χ1) is 6.74. The summed E-state index contributed by atoms with van der Waals surface area (Å²) in [6.07, 6.45) is 2.16. The zero-order valence-corrected chi connectivity index (χ0v) is 8.49. The lowest BCUT2D eigenvalue weighted by molar-refractivity contribution is -0.380. The molecule has 1 aromatic heterocycles. The van der Waals surface area contributed by atoms with Crippen LogP contribution in [0.3, 0.4) is 0 Å². The molecule has 0 saturated heterocycles. The second-order valence-corrected chi connectivity index (χ2v) is 3.55. The quantitative estimate of drug-likeness (QED) is 0.429. The van der Waals surface area contributed by atoms with Crippen LogP contribution in [-0.4, -0.2) is 17.7 Å². The van der Waals surface area contributed by atoms with Gasteiger partial charge in [0.1, 0.15) is 6.61 Å². The summed E-state index contributed by atoms with van der Waals surface area (Å²) in [7, 11) is 0. The van der Waals surface area contributed by atoms with Crippen LogP contribution in [0.15, 0.2) is 17.3 Å². The summed E-state index contributed by atoms with van der Waals surface area (Å²) in [5, 5.41) is 14.2. The van der Waals surface area contributed by atoms with Gasteiger partial charge in [-0.25, -0.2) is 0 Å². The predicted octanol–water partition coefficient (Wildman–Crippen LogP) is 2.22. The van der Waals surface area contributed by atoms with Crippen molar-refractivity contribution >= 4 is 22.6 Å². The number of nitro groups is 1. The van der Waals surface area contributed by atoms with E-state index in [1.54, 1.807) is 12.3 Å². The third kappa shape index (κ3) is 3.14. The Morgan fingerprint density at radius 1 is 1.71 bits per heavy atom. The number of oxime groups is 1. The van der Waals surface area contributed by atoms with E-state index in [4.69, 9.17) is 4.84 Å². The van der Waals surface area contributed by atoms with Gasteiger partial charge in [0.25, 0.3) is 0 Å². The molecule has 0 fully saturated rings. The zero-order valence-electron chi connectivity index (χ0n) is 7.67. The molecule has 0 aromatic carbocycles. The second kappa shape index (κ2) is 5.33. The highest BCUT2D eigenvalue weighted by atomic mass is 32.1. The fourth-order valence-corrected chi connectivity index (χ4v) is 1.60. The lowest BCUT2D eigenvalue weighted by Gasteiger charge is -1.89. The average molecular weight is 214 g/mol. The summed E-state index contributed by atoms with van der Waals surface area (Å²) < 4.78 is 0. The Kier molecular flexibility index (Phi) is 4.06. The van der Waals surface area contributed by atoms with Gasteiger partial charge in [-0.3, -0.25) is 10.1 Å². The number of rotatable bonds is 5. The predicted molar refractivity (Wildman–Crippen MR) is 54.8 cm³/mol. The molecule has 0 aliphatic carbocycles. The molecule has 0 bridgehead atoms. The Morgan fingerprint density at radius 2 is 2.50 bits per heavy atom. The first-order valence-electron chi connectivity index (χ1n) is 4.11. The van der Waals surface area contributed by atoms with Gasteiger partial charge in [0, 0.05) is 23.6 Å². The van der Waals surface area contributed by atoms with Crippen molar-refractivity contribution in [1.82, 2.24) is 0 Å². The molecule has 0 amide bonds. The minimum atomic E-state index is -0.395. The summed E-state index contributed by atoms with van der Waals surface area (Å²) in [5.41, 5.74) is 0. The maximum atomic E-state index is 10.3. The van der Waals surface area contributed by atoms with E-state index in [9.17, 15) is 10.1 Å². The molecule has 5 nitrogen and oxygen atoms in total. The van der Waals surface area contributed by atoms with Gasteiger partial charge in [-0.1, -0.05) is 16.5 Å². The van der Waals surface area contributed by atoms with Gasteiger partial charge in [0.15, 0.2) is 0 Å². The highest BCUT2D eigenvalue weighted by Crippen LogP contribution is 2.23. The standard InChI is InChI=1S/C8H10N2O3S/c1-2-13-9-6-5-7-3-4-8(14-7)10(11)12/h3-4,6H,2,5H2,1H3. The van der Waals surface area contributed by atoms with Gasteiger partial charge in [0.05, 0.1) is 4.92 Å². The van der Waals surface area contributed by atoms with Crippen molar-refractivity contribution in [3.05, 3.63) is 27.1 Å². The highest BCUT2D eigenvalue weighted by molar-refractivity contribution is 7.15. The lowest BCUT2D eigenvalue weighted by atomic mass is 10.4. The molecule has 1 aromatic rings. The Bertz CT molecular complexity index is 335. The first kappa shape index (κ1) is 10.6. The summed E-state index contributed by atoms with van der Waals surface area (Å²) in [4.78, 5) is 15.6. The minimum absolute atomic E-state index is 0.157. The smallest absolute Gasteiger partial charge is 0.324 e. The van der Waals surface area contributed by atoms with Crippen molar-refractivity contribution < 1.29 is 9.76 Å². The molecule has 0 radical (unpaired) electrons. The van der Waals surface area contributed by atoms with E-state index >= 15 is 0 Å². The van der Waals surface area contributed by atoms with E-state index < -0.39 is 4.92 Å². The molecule has 0 saturated carbocycles. The monoisotopic (exact) mass is 214 g/mol. The molecule has 14 heavy (non-hydrogen) atoms. The zero-order chi connectivity index (χ0) is 10.4. The fraction of sp³-hybridized carbons (Fsp3) is 0.375. The third-order valence-electron chi connectivity index (χ3n) is 1.40. The molecule has 1 heterocycles. The van der Waals surface area contributed by atoms with Crippen LogP contribution in [0.4, 0.5) is 5.00 Å². The summed E-state index contributed by atoms with van der Waals surface area (Å²) in [6, 6.07) is 3.22. The maximum absolute atomic E-state index is 10.3. The third-order valence-corrected chi connectivity index (χ3v) is 2.46. The summed E-state index contributed by atoms with van der Waals surface area (Å²) >= 11 is 1.15. The molecule has 1 rings (SSSR count). The molecule has 76 valence electrons. The summed E-state index contributed by atoms with van der Waals surface area (Å²) in [6.45, 7) is 2.37. The van der Waals surface area contributed by atoms with Gasteiger partial charge < -0.3 is 4.84 Å². The van der Waals surface area contributed by atoms with Gasteiger partial charge in [-0.15, -0.1) is 0 Å². The Morgan fingerprint density at radius 3 is 3.07 bits per heavy atom. The van der Waals surface area contributed by atoms with Gasteiger partial charge in [0.2, 0.25) is 0 Å². The van der Waals surface area contributed by atoms with Crippen molar-refractivity contribution in [2.75, 3.05) is 6.61 Å². The Balaban J connectivity index is 2.47. The van der Waals surface area contributed by atoms with Crippen molar-refractivity contribution in [1.29, 1.82) is 0 Å².